The summed E-state index contributed by atoms with van der Waals surface area (Å²) in [6, 6.07) is 14.9. The largest absolute Gasteiger partial charge is 0.445 e. The van der Waals surface area contributed by atoms with Crippen LogP contribution in [0, 0.1) is 5.41 Å². The molecular formula is C26H34N6O5. The van der Waals surface area contributed by atoms with Gasteiger partial charge in [0, 0.05) is 30.6 Å². The minimum atomic E-state index is -0.865. The summed E-state index contributed by atoms with van der Waals surface area (Å²) >= 11 is 0. The van der Waals surface area contributed by atoms with Gasteiger partial charge in [0.15, 0.2) is 0 Å². The van der Waals surface area contributed by atoms with Crippen molar-refractivity contribution in [3.05, 3.63) is 65.7 Å². The van der Waals surface area contributed by atoms with Crippen LogP contribution < -0.4 is 27.4 Å². The van der Waals surface area contributed by atoms with E-state index >= 15 is 0 Å². The maximum Gasteiger partial charge on any atom is 0.408 e. The van der Waals surface area contributed by atoms with Crippen molar-refractivity contribution in [2.24, 2.45) is 11.5 Å². The number of anilines is 1. The number of amidine groups is 1. The fourth-order valence-corrected chi connectivity index (χ4v) is 3.35. The average molecular weight is 511 g/mol. The molecule has 0 aromatic heterocycles. The summed E-state index contributed by atoms with van der Waals surface area (Å²) < 4.78 is 5.11. The monoisotopic (exact) mass is 510 g/mol. The second-order valence-corrected chi connectivity index (χ2v) is 8.40. The van der Waals surface area contributed by atoms with Crippen molar-refractivity contribution in [2.45, 2.75) is 51.2 Å². The molecule has 4 amide bonds. The third kappa shape index (κ3) is 11.7. The van der Waals surface area contributed by atoms with Crippen molar-refractivity contribution >= 4 is 35.3 Å². The topological polar surface area (TPSA) is 189 Å². The Bertz CT molecular complexity index is 1060. The van der Waals surface area contributed by atoms with Gasteiger partial charge in [-0.25, -0.2) is 4.79 Å². The molecule has 0 spiro atoms. The normalized spacial score (nSPS) is 11.1. The number of nitrogens with two attached hydrogens (primary N) is 2. The van der Waals surface area contributed by atoms with Crippen LogP contribution >= 0.6 is 0 Å². The van der Waals surface area contributed by atoms with Crippen molar-refractivity contribution in [2.75, 3.05) is 11.9 Å². The highest BCUT2D eigenvalue weighted by atomic mass is 16.5. The van der Waals surface area contributed by atoms with Gasteiger partial charge in [0.2, 0.25) is 17.7 Å². The molecule has 0 heterocycles. The lowest BCUT2D eigenvalue weighted by Gasteiger charge is -2.15. The lowest BCUT2D eigenvalue weighted by atomic mass is 10.1. The highest BCUT2D eigenvalue weighted by molar-refractivity contribution is 5.96. The third-order valence-corrected chi connectivity index (χ3v) is 5.38. The molecule has 2 rings (SSSR count). The van der Waals surface area contributed by atoms with Gasteiger partial charge in [-0.3, -0.25) is 19.8 Å². The minimum absolute atomic E-state index is 0.0486. The molecule has 8 N–H and O–H groups in total. The Morgan fingerprint density at radius 1 is 0.865 bits per heavy atom. The van der Waals surface area contributed by atoms with E-state index in [1.165, 1.54) is 0 Å². The van der Waals surface area contributed by atoms with Crippen LogP contribution in [0.4, 0.5) is 10.5 Å². The van der Waals surface area contributed by atoms with Gasteiger partial charge in [0.25, 0.3) is 0 Å². The predicted octanol–water partition coefficient (Wildman–Crippen LogP) is 2.15. The van der Waals surface area contributed by atoms with Crippen molar-refractivity contribution in [3.63, 3.8) is 0 Å². The number of rotatable bonds is 15. The number of nitrogen functional groups attached to an aromatic ring is 1. The molecule has 2 aromatic rings. The Kier molecular flexibility index (Phi) is 12.1. The zero-order valence-corrected chi connectivity index (χ0v) is 20.6. The summed E-state index contributed by atoms with van der Waals surface area (Å²) in [6.45, 7) is 0.484. The van der Waals surface area contributed by atoms with E-state index in [0.29, 0.717) is 43.5 Å². The number of benzene rings is 2. The second kappa shape index (κ2) is 15.6. The van der Waals surface area contributed by atoms with Gasteiger partial charge in [-0.15, -0.1) is 0 Å². The van der Waals surface area contributed by atoms with Crippen LogP contribution in [0.1, 0.15) is 49.7 Å². The maximum absolute atomic E-state index is 12.0. The van der Waals surface area contributed by atoms with Gasteiger partial charge in [0.1, 0.15) is 18.5 Å². The van der Waals surface area contributed by atoms with Crippen LogP contribution in [-0.4, -0.2) is 42.2 Å². The highest BCUT2D eigenvalue weighted by Crippen LogP contribution is 2.10. The highest BCUT2D eigenvalue weighted by Gasteiger charge is 2.18. The summed E-state index contributed by atoms with van der Waals surface area (Å²) in [7, 11) is 0. The molecule has 0 saturated carbocycles. The second-order valence-electron chi connectivity index (χ2n) is 8.40. The number of hydrogen-bond donors (Lipinski definition) is 6. The molecule has 0 saturated heterocycles. The Hall–Kier alpha value is -4.41. The quantitative estimate of drug-likeness (QED) is 0.121. The molecule has 0 aliphatic carbocycles. The predicted molar refractivity (Wildman–Crippen MR) is 140 cm³/mol. The number of carbonyl (C=O) groups excluding carboxylic acids is 4. The molecule has 0 radical (unpaired) electrons. The molecular weight excluding hydrogens is 476 g/mol. The van der Waals surface area contributed by atoms with Gasteiger partial charge in [-0.2, -0.15) is 0 Å². The van der Waals surface area contributed by atoms with E-state index in [0.717, 1.165) is 5.56 Å². The Balaban J connectivity index is 1.56. The van der Waals surface area contributed by atoms with E-state index in [1.807, 2.05) is 30.3 Å². The number of alkyl carbamates (subject to hydrolysis) is 1. The Labute approximate surface area is 215 Å². The minimum Gasteiger partial charge on any atom is -0.445 e. The molecule has 11 heteroatoms. The number of carbonyl (C=O) groups is 4. The number of ether oxygens (including phenoxy) is 1. The van der Waals surface area contributed by atoms with Crippen LogP contribution in [0.2, 0.25) is 0 Å². The zero-order chi connectivity index (χ0) is 27.0. The Morgan fingerprint density at radius 3 is 2.19 bits per heavy atom. The molecule has 0 bridgehead atoms. The lowest BCUT2D eigenvalue weighted by Crippen LogP contribution is -2.44. The molecule has 0 aliphatic rings. The van der Waals surface area contributed by atoms with E-state index in [2.05, 4.69) is 16.0 Å². The summed E-state index contributed by atoms with van der Waals surface area (Å²) in [6.07, 6.45) is 1.52. The van der Waals surface area contributed by atoms with E-state index in [1.54, 1.807) is 24.3 Å². The van der Waals surface area contributed by atoms with Gasteiger partial charge in [0.05, 0.1) is 0 Å². The van der Waals surface area contributed by atoms with Crippen molar-refractivity contribution in [1.82, 2.24) is 10.6 Å². The lowest BCUT2D eigenvalue weighted by molar-refractivity contribution is -0.122. The first-order chi connectivity index (χ1) is 17.7. The number of primary amides is 1. The zero-order valence-electron chi connectivity index (χ0n) is 20.6. The van der Waals surface area contributed by atoms with Gasteiger partial charge in [-0.1, -0.05) is 30.3 Å². The molecule has 37 heavy (non-hydrogen) atoms. The summed E-state index contributed by atoms with van der Waals surface area (Å²) in [5.41, 5.74) is 12.8. The molecule has 198 valence electrons. The smallest absolute Gasteiger partial charge is 0.408 e. The van der Waals surface area contributed by atoms with Crippen LogP contribution in [0.25, 0.3) is 0 Å². The van der Waals surface area contributed by atoms with Crippen LogP contribution in [0.15, 0.2) is 54.6 Å². The van der Waals surface area contributed by atoms with Crippen molar-refractivity contribution in [1.29, 1.82) is 5.41 Å². The number of hydrogen-bond acceptors (Lipinski definition) is 6. The summed E-state index contributed by atoms with van der Waals surface area (Å²) in [5, 5.41) is 15.3. The SMILES string of the molecule is N=C(N)c1ccc(NC(=O)CCCC(=O)NCCCC[C@H](NC(=O)OCc2ccccc2)C(N)=O)cc1. The van der Waals surface area contributed by atoms with E-state index in [9.17, 15) is 19.2 Å². The van der Waals surface area contributed by atoms with Crippen LogP contribution in [0.5, 0.6) is 0 Å². The Morgan fingerprint density at radius 2 is 1.54 bits per heavy atom. The molecule has 0 aliphatic heterocycles. The third-order valence-electron chi connectivity index (χ3n) is 5.38. The number of nitrogens with one attached hydrogen (secondary N) is 4. The number of unbranched alkanes of at least 4 members (excludes halogenated alkanes) is 1. The van der Waals surface area contributed by atoms with E-state index < -0.39 is 18.0 Å². The molecule has 0 unspecified atom stereocenters. The fraction of sp³-hybridized carbons (Fsp3) is 0.346. The van der Waals surface area contributed by atoms with E-state index in [-0.39, 0.29) is 37.1 Å². The van der Waals surface area contributed by atoms with Gasteiger partial charge in [-0.05, 0) is 55.5 Å². The summed E-state index contributed by atoms with van der Waals surface area (Å²) in [5.74, 6) is -1.09. The first kappa shape index (κ1) is 28.8. The van der Waals surface area contributed by atoms with Gasteiger partial charge >= 0.3 is 6.09 Å². The molecule has 11 nitrogen and oxygen atoms in total. The fourth-order valence-electron chi connectivity index (χ4n) is 3.35. The number of amides is 4. The first-order valence-electron chi connectivity index (χ1n) is 12.0. The van der Waals surface area contributed by atoms with Crippen LogP contribution in [0.3, 0.4) is 0 Å². The molecule has 0 fully saturated rings. The van der Waals surface area contributed by atoms with Crippen molar-refractivity contribution < 1.29 is 23.9 Å². The average Bonchev–Trinajstić information content (AvgIpc) is 2.87. The summed E-state index contributed by atoms with van der Waals surface area (Å²) in [4.78, 5) is 47.6. The van der Waals surface area contributed by atoms with Crippen molar-refractivity contribution in [3.8, 4) is 0 Å². The standard InChI is InChI=1S/C26H34N6O5/c27-24(28)19-12-14-20(15-13-19)31-23(34)11-6-10-22(33)30-16-5-4-9-21(25(29)35)32-26(36)37-17-18-7-2-1-3-8-18/h1-3,7-8,12-15,21H,4-6,9-11,16-17H2,(H3,27,28)(H2,29,35)(H,30,33)(H,31,34)(H,32,36)/t21-/m0/s1. The molecule has 2 aromatic carbocycles. The van der Waals surface area contributed by atoms with Gasteiger partial charge < -0.3 is 32.2 Å². The van der Waals surface area contributed by atoms with Crippen LogP contribution in [-0.2, 0) is 25.7 Å². The maximum atomic E-state index is 12.0. The van der Waals surface area contributed by atoms with E-state index in [4.69, 9.17) is 21.6 Å². The first-order valence-corrected chi connectivity index (χ1v) is 12.0. The molecule has 1 atom stereocenters.